The van der Waals surface area contributed by atoms with Crippen LogP contribution >= 0.6 is 0 Å². The summed E-state index contributed by atoms with van der Waals surface area (Å²) in [6.45, 7) is 15.6. The second-order valence-electron chi connectivity index (χ2n) is 5.98. The van der Waals surface area contributed by atoms with Crippen molar-refractivity contribution in [1.82, 2.24) is 0 Å². The van der Waals surface area contributed by atoms with E-state index in [0.717, 1.165) is 23.7 Å². The van der Waals surface area contributed by atoms with E-state index in [0.29, 0.717) is 0 Å². The molecule has 2 aliphatic rings. The largest absolute Gasteiger partial charge is 0.323 e. The molecule has 13 heavy (non-hydrogen) atoms. The van der Waals surface area contributed by atoms with E-state index in [-0.39, 0.29) is 0 Å². The summed E-state index contributed by atoms with van der Waals surface area (Å²) in [5, 5.41) is 0. The molecule has 2 rings (SSSR count). The normalized spacial score (nSPS) is 48.9. The second kappa shape index (κ2) is 2.98. The van der Waals surface area contributed by atoms with Crippen molar-refractivity contribution < 1.29 is 4.48 Å². The van der Waals surface area contributed by atoms with E-state index in [9.17, 15) is 0 Å². The Kier molecular flexibility index (Phi) is 2.18. The minimum Gasteiger partial charge on any atom is -0.323 e. The van der Waals surface area contributed by atoms with Crippen molar-refractivity contribution in [2.45, 2.75) is 27.7 Å². The average molecular weight is 182 g/mol. The molecule has 76 valence electrons. The van der Waals surface area contributed by atoms with Crippen LogP contribution in [0.4, 0.5) is 0 Å². The molecule has 0 bridgehead atoms. The molecule has 0 aromatic carbocycles. The lowest BCUT2D eigenvalue weighted by Gasteiger charge is -2.29. The van der Waals surface area contributed by atoms with Gasteiger partial charge < -0.3 is 4.48 Å². The molecule has 0 aromatic rings. The molecule has 0 N–H and O–H groups in total. The molecular formula is C12H24N+. The van der Waals surface area contributed by atoms with Gasteiger partial charge in [-0.3, -0.25) is 0 Å². The lowest BCUT2D eigenvalue weighted by Crippen LogP contribution is -2.44. The Morgan fingerprint density at radius 3 is 1.08 bits per heavy atom. The maximum atomic E-state index is 2.44. The van der Waals surface area contributed by atoms with E-state index in [1.54, 1.807) is 0 Å². The highest BCUT2D eigenvalue weighted by molar-refractivity contribution is 4.77. The van der Waals surface area contributed by atoms with Crippen LogP contribution in [0.2, 0.25) is 0 Å². The molecule has 0 aromatic heterocycles. The molecule has 4 atom stereocenters. The summed E-state index contributed by atoms with van der Waals surface area (Å²) in [6.07, 6.45) is 0. The number of hydrogen-bond donors (Lipinski definition) is 0. The van der Waals surface area contributed by atoms with Crippen molar-refractivity contribution in [3.8, 4) is 0 Å². The van der Waals surface area contributed by atoms with E-state index in [4.69, 9.17) is 0 Å². The Hall–Kier alpha value is -0.0400. The Labute approximate surface area is 82.7 Å². The standard InChI is InChI=1S/C12H24N/c1-9-5-13(6-10(9)2)7-11(3)12(4)8-13/h9-12H,5-8H2,1-4H3/q+1/t9-,10-,11-,12-/m0/s1. The highest BCUT2D eigenvalue weighted by Crippen LogP contribution is 2.37. The van der Waals surface area contributed by atoms with Crippen LogP contribution in [0.15, 0.2) is 0 Å². The van der Waals surface area contributed by atoms with Crippen LogP contribution in [0.3, 0.4) is 0 Å². The molecule has 0 saturated carbocycles. The van der Waals surface area contributed by atoms with Gasteiger partial charge in [0.1, 0.15) is 0 Å². The van der Waals surface area contributed by atoms with Crippen molar-refractivity contribution in [2.75, 3.05) is 26.2 Å². The van der Waals surface area contributed by atoms with Gasteiger partial charge in [0.25, 0.3) is 0 Å². The van der Waals surface area contributed by atoms with Gasteiger partial charge in [-0.15, -0.1) is 0 Å². The maximum Gasteiger partial charge on any atom is 0.0817 e. The van der Waals surface area contributed by atoms with Crippen molar-refractivity contribution in [3.05, 3.63) is 0 Å². The second-order valence-corrected chi connectivity index (χ2v) is 5.98. The van der Waals surface area contributed by atoms with Crippen LogP contribution < -0.4 is 0 Å². The van der Waals surface area contributed by atoms with Gasteiger partial charge in [0.05, 0.1) is 26.2 Å². The molecule has 2 aliphatic heterocycles. The molecule has 2 saturated heterocycles. The van der Waals surface area contributed by atoms with Crippen molar-refractivity contribution in [1.29, 1.82) is 0 Å². The topological polar surface area (TPSA) is 0 Å². The highest BCUT2D eigenvalue weighted by atomic mass is 15.4. The molecule has 0 aliphatic carbocycles. The number of rotatable bonds is 0. The molecular weight excluding hydrogens is 158 g/mol. The van der Waals surface area contributed by atoms with Gasteiger partial charge in [0, 0.05) is 23.7 Å². The summed E-state index contributed by atoms with van der Waals surface area (Å²) in [4.78, 5) is 0. The molecule has 0 unspecified atom stereocenters. The van der Waals surface area contributed by atoms with Gasteiger partial charge >= 0.3 is 0 Å². The maximum absolute atomic E-state index is 2.44. The molecule has 2 heterocycles. The Bertz CT molecular complexity index is 154. The first-order valence-electron chi connectivity index (χ1n) is 5.87. The minimum atomic E-state index is 0.956. The van der Waals surface area contributed by atoms with Crippen LogP contribution in [0.25, 0.3) is 0 Å². The summed E-state index contributed by atoms with van der Waals surface area (Å²) < 4.78 is 1.45. The van der Waals surface area contributed by atoms with Crippen molar-refractivity contribution >= 4 is 0 Å². The Balaban J connectivity index is 2.08. The summed E-state index contributed by atoms with van der Waals surface area (Å²) >= 11 is 0. The monoisotopic (exact) mass is 182 g/mol. The number of hydrogen-bond acceptors (Lipinski definition) is 0. The Morgan fingerprint density at radius 2 is 0.846 bits per heavy atom. The van der Waals surface area contributed by atoms with Gasteiger partial charge in [-0.05, 0) is 0 Å². The quantitative estimate of drug-likeness (QED) is 0.505. The SMILES string of the molecule is C[C@H]1C[N+]2(C[C@@H]1C)C[C@H](C)[C@@H](C)C2. The third-order valence-corrected chi connectivity index (χ3v) is 4.64. The molecule has 0 amide bonds. The highest BCUT2D eigenvalue weighted by Gasteiger charge is 2.47. The molecule has 2 fully saturated rings. The van der Waals surface area contributed by atoms with Gasteiger partial charge in [0.2, 0.25) is 0 Å². The molecule has 1 spiro atoms. The first kappa shape index (κ1) is 9.51. The van der Waals surface area contributed by atoms with Gasteiger partial charge in [-0.25, -0.2) is 0 Å². The number of nitrogens with zero attached hydrogens (tertiary/aromatic N) is 1. The smallest absolute Gasteiger partial charge is 0.0817 e. The number of quaternary nitrogens is 1. The fourth-order valence-corrected chi connectivity index (χ4v) is 3.61. The first-order chi connectivity index (χ1) is 6.02. The Morgan fingerprint density at radius 1 is 0.615 bits per heavy atom. The van der Waals surface area contributed by atoms with Crippen LogP contribution in [-0.4, -0.2) is 30.7 Å². The third kappa shape index (κ3) is 1.52. The van der Waals surface area contributed by atoms with Crippen LogP contribution in [0, 0.1) is 23.7 Å². The van der Waals surface area contributed by atoms with Gasteiger partial charge in [-0.2, -0.15) is 0 Å². The molecule has 0 radical (unpaired) electrons. The summed E-state index contributed by atoms with van der Waals surface area (Å²) in [5.41, 5.74) is 0. The van der Waals surface area contributed by atoms with E-state index in [1.807, 2.05) is 0 Å². The average Bonchev–Trinajstić information content (AvgIpc) is 2.39. The van der Waals surface area contributed by atoms with E-state index in [1.165, 1.54) is 30.7 Å². The first-order valence-corrected chi connectivity index (χ1v) is 5.87. The zero-order valence-corrected chi connectivity index (χ0v) is 9.59. The minimum absolute atomic E-state index is 0.956. The van der Waals surface area contributed by atoms with Crippen LogP contribution in [0.5, 0.6) is 0 Å². The molecule has 1 nitrogen and oxygen atoms in total. The predicted molar refractivity (Wildman–Crippen MR) is 56.4 cm³/mol. The van der Waals surface area contributed by atoms with E-state index in [2.05, 4.69) is 27.7 Å². The van der Waals surface area contributed by atoms with Crippen LogP contribution in [-0.2, 0) is 0 Å². The van der Waals surface area contributed by atoms with Crippen molar-refractivity contribution in [3.63, 3.8) is 0 Å². The zero-order valence-electron chi connectivity index (χ0n) is 9.59. The van der Waals surface area contributed by atoms with Crippen molar-refractivity contribution in [2.24, 2.45) is 23.7 Å². The lowest BCUT2D eigenvalue weighted by molar-refractivity contribution is -0.910. The predicted octanol–water partition coefficient (Wildman–Crippen LogP) is 2.37. The summed E-state index contributed by atoms with van der Waals surface area (Å²) in [7, 11) is 0. The van der Waals surface area contributed by atoms with E-state index >= 15 is 0 Å². The summed E-state index contributed by atoms with van der Waals surface area (Å²) in [5.74, 6) is 3.82. The van der Waals surface area contributed by atoms with Crippen LogP contribution in [0.1, 0.15) is 27.7 Å². The lowest BCUT2D eigenvalue weighted by atomic mass is 10.0. The fraction of sp³-hybridized carbons (Fsp3) is 1.00. The van der Waals surface area contributed by atoms with Gasteiger partial charge in [-0.1, -0.05) is 27.7 Å². The molecule has 1 heteroatoms. The fourth-order valence-electron chi connectivity index (χ4n) is 3.61. The summed E-state index contributed by atoms with van der Waals surface area (Å²) in [6, 6.07) is 0. The zero-order chi connectivity index (χ0) is 9.64. The van der Waals surface area contributed by atoms with Gasteiger partial charge in [0.15, 0.2) is 0 Å². The third-order valence-electron chi connectivity index (χ3n) is 4.64. The van der Waals surface area contributed by atoms with E-state index < -0.39 is 0 Å².